The van der Waals surface area contributed by atoms with Gasteiger partial charge < -0.3 is 10.6 Å². The van der Waals surface area contributed by atoms with Gasteiger partial charge in [-0.1, -0.05) is 29.8 Å². The Morgan fingerprint density at radius 3 is 2.63 bits per heavy atom. The van der Waals surface area contributed by atoms with E-state index < -0.39 is 17.6 Å². The normalized spacial score (nSPS) is 11.4. The van der Waals surface area contributed by atoms with Crippen molar-refractivity contribution in [1.82, 2.24) is 4.98 Å². The standard InChI is InChI=1S/C19H15ClF3N3O/c20-13-6-7-15(14(11-13)19(21,22)23)26-17(27)8-10-24-16-5-1-3-12-4-2-9-25-18(12)16/h1-7,9,11,24H,8,10H2,(H,26,27). The largest absolute Gasteiger partial charge is 0.418 e. The van der Waals surface area contributed by atoms with Crippen molar-refractivity contribution in [1.29, 1.82) is 0 Å². The maximum Gasteiger partial charge on any atom is 0.418 e. The number of nitrogens with one attached hydrogen (secondary N) is 2. The van der Waals surface area contributed by atoms with Crippen LogP contribution in [0.2, 0.25) is 5.02 Å². The van der Waals surface area contributed by atoms with E-state index in [0.717, 1.165) is 28.7 Å². The quantitative estimate of drug-likeness (QED) is 0.614. The predicted molar refractivity (Wildman–Crippen MR) is 99.9 cm³/mol. The summed E-state index contributed by atoms with van der Waals surface area (Å²) in [4.78, 5) is 16.4. The lowest BCUT2D eigenvalue weighted by atomic mass is 10.1. The van der Waals surface area contributed by atoms with Gasteiger partial charge in [0.15, 0.2) is 0 Å². The topological polar surface area (TPSA) is 54.0 Å². The number of carbonyl (C=O) groups excluding carboxylic acids is 1. The van der Waals surface area contributed by atoms with E-state index in [-0.39, 0.29) is 23.7 Å². The fraction of sp³-hybridized carbons (Fsp3) is 0.158. The van der Waals surface area contributed by atoms with Crippen molar-refractivity contribution in [3.8, 4) is 0 Å². The summed E-state index contributed by atoms with van der Waals surface area (Å²) in [6.45, 7) is 0.246. The van der Waals surface area contributed by atoms with Gasteiger partial charge in [0.05, 0.1) is 22.5 Å². The first kappa shape index (κ1) is 19.0. The van der Waals surface area contributed by atoms with Gasteiger partial charge in [0, 0.05) is 29.6 Å². The van der Waals surface area contributed by atoms with E-state index in [1.54, 1.807) is 6.20 Å². The van der Waals surface area contributed by atoms with Gasteiger partial charge >= 0.3 is 6.18 Å². The molecule has 0 saturated carbocycles. The SMILES string of the molecule is O=C(CCNc1cccc2cccnc12)Nc1ccc(Cl)cc1C(F)(F)F. The Balaban J connectivity index is 1.64. The molecule has 27 heavy (non-hydrogen) atoms. The van der Waals surface area contributed by atoms with Crippen molar-refractivity contribution in [3.63, 3.8) is 0 Å². The number of fused-ring (bicyclic) bond motifs is 1. The number of hydrogen-bond donors (Lipinski definition) is 2. The number of pyridine rings is 1. The third kappa shape index (κ3) is 4.68. The maximum absolute atomic E-state index is 13.1. The molecule has 3 rings (SSSR count). The fourth-order valence-electron chi connectivity index (χ4n) is 2.63. The van der Waals surface area contributed by atoms with E-state index in [1.807, 2.05) is 30.3 Å². The molecule has 0 atom stereocenters. The molecule has 1 heterocycles. The fourth-order valence-corrected chi connectivity index (χ4v) is 2.80. The minimum absolute atomic E-state index is 0.0108. The highest BCUT2D eigenvalue weighted by Gasteiger charge is 2.34. The lowest BCUT2D eigenvalue weighted by Crippen LogP contribution is -2.19. The van der Waals surface area contributed by atoms with Crippen LogP contribution in [0.15, 0.2) is 54.7 Å². The molecule has 4 nitrogen and oxygen atoms in total. The number of nitrogens with zero attached hydrogens (tertiary/aromatic N) is 1. The number of rotatable bonds is 5. The van der Waals surface area contributed by atoms with E-state index in [9.17, 15) is 18.0 Å². The average Bonchev–Trinajstić information content (AvgIpc) is 2.62. The van der Waals surface area contributed by atoms with E-state index in [2.05, 4.69) is 15.6 Å². The number of benzene rings is 2. The van der Waals surface area contributed by atoms with Crippen molar-refractivity contribution >= 4 is 39.8 Å². The summed E-state index contributed by atoms with van der Waals surface area (Å²) < 4.78 is 39.2. The Kier molecular flexibility index (Phi) is 5.51. The van der Waals surface area contributed by atoms with Gasteiger partial charge in [-0.05, 0) is 30.3 Å². The molecule has 0 bridgehead atoms. The first-order chi connectivity index (χ1) is 12.8. The number of halogens is 4. The van der Waals surface area contributed by atoms with E-state index in [4.69, 9.17) is 11.6 Å². The van der Waals surface area contributed by atoms with E-state index in [0.29, 0.717) is 0 Å². The monoisotopic (exact) mass is 393 g/mol. The van der Waals surface area contributed by atoms with Crippen LogP contribution in [-0.4, -0.2) is 17.4 Å². The van der Waals surface area contributed by atoms with Gasteiger partial charge in [0.25, 0.3) is 0 Å². The van der Waals surface area contributed by atoms with Crippen molar-refractivity contribution < 1.29 is 18.0 Å². The molecule has 0 saturated heterocycles. The first-order valence-corrected chi connectivity index (χ1v) is 8.46. The minimum Gasteiger partial charge on any atom is -0.383 e. The maximum atomic E-state index is 13.1. The van der Waals surface area contributed by atoms with Crippen LogP contribution >= 0.6 is 11.6 Å². The first-order valence-electron chi connectivity index (χ1n) is 8.09. The lowest BCUT2D eigenvalue weighted by Gasteiger charge is -2.14. The zero-order valence-corrected chi connectivity index (χ0v) is 14.7. The predicted octanol–water partition coefficient (Wildman–Crippen LogP) is 5.35. The van der Waals surface area contributed by atoms with Crippen LogP contribution in [0.4, 0.5) is 24.5 Å². The molecule has 0 radical (unpaired) electrons. The number of para-hydroxylation sites is 1. The van der Waals surface area contributed by atoms with Crippen LogP contribution in [0.5, 0.6) is 0 Å². The summed E-state index contributed by atoms with van der Waals surface area (Å²) in [5.74, 6) is -0.538. The molecule has 3 aromatic rings. The number of anilines is 2. The van der Waals surface area contributed by atoms with Crippen LogP contribution in [-0.2, 0) is 11.0 Å². The molecule has 0 fully saturated rings. The summed E-state index contributed by atoms with van der Waals surface area (Å²) in [7, 11) is 0. The van der Waals surface area contributed by atoms with Crippen LogP contribution < -0.4 is 10.6 Å². The second-order valence-electron chi connectivity index (χ2n) is 5.79. The Labute approximate surface area is 158 Å². The Bertz CT molecular complexity index is 971. The molecular weight excluding hydrogens is 379 g/mol. The summed E-state index contributed by atoms with van der Waals surface area (Å²) in [6, 6.07) is 12.6. The average molecular weight is 394 g/mol. The molecule has 0 spiro atoms. The molecule has 1 aromatic heterocycles. The second kappa shape index (κ2) is 7.84. The number of aromatic nitrogens is 1. The molecule has 140 valence electrons. The summed E-state index contributed by atoms with van der Waals surface area (Å²) in [6.07, 6.45) is -2.96. The zero-order valence-electron chi connectivity index (χ0n) is 14.0. The van der Waals surface area contributed by atoms with Crippen molar-refractivity contribution in [2.75, 3.05) is 17.2 Å². The third-order valence-electron chi connectivity index (χ3n) is 3.86. The van der Waals surface area contributed by atoms with Crippen LogP contribution in [0.25, 0.3) is 10.9 Å². The zero-order chi connectivity index (χ0) is 19.4. The van der Waals surface area contributed by atoms with E-state index >= 15 is 0 Å². The Morgan fingerprint density at radius 2 is 1.85 bits per heavy atom. The number of alkyl halides is 3. The van der Waals surface area contributed by atoms with Gasteiger partial charge in [-0.2, -0.15) is 13.2 Å². The minimum atomic E-state index is -4.61. The third-order valence-corrected chi connectivity index (χ3v) is 4.10. The Morgan fingerprint density at radius 1 is 1.07 bits per heavy atom. The molecule has 0 aliphatic rings. The van der Waals surface area contributed by atoms with Crippen molar-refractivity contribution in [2.45, 2.75) is 12.6 Å². The van der Waals surface area contributed by atoms with Gasteiger partial charge in [0.2, 0.25) is 5.91 Å². The molecule has 0 aliphatic carbocycles. The van der Waals surface area contributed by atoms with E-state index in [1.165, 1.54) is 6.07 Å². The molecule has 0 unspecified atom stereocenters. The summed E-state index contributed by atoms with van der Waals surface area (Å²) >= 11 is 5.63. The number of amides is 1. The summed E-state index contributed by atoms with van der Waals surface area (Å²) in [5.41, 5.74) is 0.221. The molecule has 1 amide bonds. The molecule has 2 aromatic carbocycles. The lowest BCUT2D eigenvalue weighted by molar-refractivity contribution is -0.137. The van der Waals surface area contributed by atoms with Gasteiger partial charge in [-0.25, -0.2) is 0 Å². The molecule has 0 aliphatic heterocycles. The molecular formula is C19H15ClF3N3O. The molecule has 8 heteroatoms. The van der Waals surface area contributed by atoms with Crippen LogP contribution in [0.1, 0.15) is 12.0 Å². The summed E-state index contributed by atoms with van der Waals surface area (Å²) in [5, 5.41) is 6.28. The van der Waals surface area contributed by atoms with Crippen molar-refractivity contribution in [2.24, 2.45) is 0 Å². The van der Waals surface area contributed by atoms with Crippen LogP contribution in [0, 0.1) is 0 Å². The highest BCUT2D eigenvalue weighted by atomic mass is 35.5. The van der Waals surface area contributed by atoms with Crippen LogP contribution in [0.3, 0.4) is 0 Å². The molecule has 2 N–H and O–H groups in total. The van der Waals surface area contributed by atoms with Gasteiger partial charge in [-0.15, -0.1) is 0 Å². The highest BCUT2D eigenvalue weighted by Crippen LogP contribution is 2.36. The Hall–Kier alpha value is -2.80. The smallest absolute Gasteiger partial charge is 0.383 e. The highest BCUT2D eigenvalue weighted by molar-refractivity contribution is 6.30. The second-order valence-corrected chi connectivity index (χ2v) is 6.23. The number of carbonyl (C=O) groups is 1. The van der Waals surface area contributed by atoms with Gasteiger partial charge in [0.1, 0.15) is 0 Å². The van der Waals surface area contributed by atoms with Crippen molar-refractivity contribution in [3.05, 3.63) is 65.3 Å². The van der Waals surface area contributed by atoms with Gasteiger partial charge in [-0.3, -0.25) is 9.78 Å². The number of hydrogen-bond acceptors (Lipinski definition) is 3.